The zero-order valence-corrected chi connectivity index (χ0v) is 7.51. The molecule has 0 amide bonds. The molecule has 0 bridgehead atoms. The van der Waals surface area contributed by atoms with Crippen LogP contribution in [0, 0.1) is 40.9 Å². The van der Waals surface area contributed by atoms with E-state index >= 15 is 0 Å². The van der Waals surface area contributed by atoms with Gasteiger partial charge in [-0.15, -0.1) is 6.42 Å². The standard InChI is InChI=1S/C10H9N3O/c1-2-6-13-7-4-9(3-5-11)10(13,14)8-12/h1,4,7,9,14H,3,6H2. The van der Waals surface area contributed by atoms with Gasteiger partial charge in [0.2, 0.25) is 5.72 Å². The molecule has 0 aliphatic carbocycles. The average Bonchev–Trinajstić information content (AvgIpc) is 2.48. The fourth-order valence-electron chi connectivity index (χ4n) is 1.40. The van der Waals surface area contributed by atoms with Crippen molar-refractivity contribution in [3.05, 3.63) is 12.3 Å². The molecule has 1 aliphatic heterocycles. The molecule has 0 aromatic heterocycles. The predicted octanol–water partition coefficient (Wildman–Crippen LogP) is 0.191. The van der Waals surface area contributed by atoms with Gasteiger partial charge in [-0.05, 0) is 0 Å². The molecule has 1 heterocycles. The molecule has 2 unspecified atom stereocenters. The van der Waals surface area contributed by atoms with E-state index < -0.39 is 11.6 Å². The van der Waals surface area contributed by atoms with Crippen LogP contribution in [0.4, 0.5) is 0 Å². The van der Waals surface area contributed by atoms with Crippen LogP contribution in [0.25, 0.3) is 0 Å². The van der Waals surface area contributed by atoms with Crippen LogP contribution in [-0.4, -0.2) is 22.3 Å². The first-order chi connectivity index (χ1) is 6.69. The van der Waals surface area contributed by atoms with Gasteiger partial charge in [-0.1, -0.05) is 12.0 Å². The van der Waals surface area contributed by atoms with Crippen molar-refractivity contribution in [3.63, 3.8) is 0 Å². The van der Waals surface area contributed by atoms with Crippen LogP contribution in [0.3, 0.4) is 0 Å². The maximum atomic E-state index is 9.94. The Balaban J connectivity index is 2.89. The molecule has 1 aliphatic rings. The maximum absolute atomic E-state index is 9.94. The second kappa shape index (κ2) is 3.83. The monoisotopic (exact) mass is 187 g/mol. The second-order valence-electron chi connectivity index (χ2n) is 2.98. The van der Waals surface area contributed by atoms with E-state index in [1.54, 1.807) is 18.3 Å². The summed E-state index contributed by atoms with van der Waals surface area (Å²) in [6, 6.07) is 3.70. The van der Waals surface area contributed by atoms with E-state index in [1.807, 2.05) is 6.07 Å². The number of terminal acetylenes is 1. The smallest absolute Gasteiger partial charge is 0.236 e. The zero-order chi connectivity index (χ0) is 10.6. The van der Waals surface area contributed by atoms with E-state index in [-0.39, 0.29) is 13.0 Å². The Bertz CT molecular complexity index is 340. The summed E-state index contributed by atoms with van der Waals surface area (Å²) in [5.41, 5.74) is -1.66. The number of hydrogen-bond acceptors (Lipinski definition) is 4. The number of aliphatic hydroxyl groups is 1. The lowest BCUT2D eigenvalue weighted by molar-refractivity contribution is -0.0428. The van der Waals surface area contributed by atoms with Gasteiger partial charge in [0.15, 0.2) is 0 Å². The minimum absolute atomic E-state index is 0.0988. The Morgan fingerprint density at radius 2 is 2.29 bits per heavy atom. The summed E-state index contributed by atoms with van der Waals surface area (Å²) in [7, 11) is 0. The van der Waals surface area contributed by atoms with Crippen LogP contribution >= 0.6 is 0 Å². The molecule has 4 nitrogen and oxygen atoms in total. The summed E-state index contributed by atoms with van der Waals surface area (Å²) in [5, 5.41) is 27.3. The fourth-order valence-corrected chi connectivity index (χ4v) is 1.40. The van der Waals surface area contributed by atoms with Crippen molar-refractivity contribution >= 4 is 0 Å². The van der Waals surface area contributed by atoms with Crippen molar-refractivity contribution in [1.29, 1.82) is 10.5 Å². The molecule has 0 saturated carbocycles. The molecule has 0 saturated heterocycles. The minimum Gasteiger partial charge on any atom is -0.359 e. The lowest BCUT2D eigenvalue weighted by Crippen LogP contribution is -2.46. The molecule has 0 spiro atoms. The average molecular weight is 187 g/mol. The third-order valence-electron chi connectivity index (χ3n) is 2.19. The highest BCUT2D eigenvalue weighted by Crippen LogP contribution is 2.31. The zero-order valence-electron chi connectivity index (χ0n) is 7.51. The van der Waals surface area contributed by atoms with E-state index in [1.165, 1.54) is 4.90 Å². The van der Waals surface area contributed by atoms with Crippen molar-refractivity contribution in [1.82, 2.24) is 4.90 Å². The van der Waals surface area contributed by atoms with Gasteiger partial charge < -0.3 is 10.0 Å². The minimum atomic E-state index is -1.66. The van der Waals surface area contributed by atoms with E-state index in [4.69, 9.17) is 16.9 Å². The van der Waals surface area contributed by atoms with Gasteiger partial charge in [-0.2, -0.15) is 10.5 Å². The summed E-state index contributed by atoms with van der Waals surface area (Å²) < 4.78 is 0. The maximum Gasteiger partial charge on any atom is 0.236 e. The summed E-state index contributed by atoms with van der Waals surface area (Å²) >= 11 is 0. The third-order valence-corrected chi connectivity index (χ3v) is 2.19. The Kier molecular flexibility index (Phi) is 2.77. The molecule has 2 atom stereocenters. The van der Waals surface area contributed by atoms with Crippen LogP contribution in [0.2, 0.25) is 0 Å². The molecule has 4 heteroatoms. The van der Waals surface area contributed by atoms with Gasteiger partial charge >= 0.3 is 0 Å². The van der Waals surface area contributed by atoms with Crippen LogP contribution in [-0.2, 0) is 0 Å². The molecular formula is C10H9N3O. The van der Waals surface area contributed by atoms with Crippen molar-refractivity contribution in [2.24, 2.45) is 5.92 Å². The first-order valence-corrected chi connectivity index (χ1v) is 4.08. The molecule has 0 fully saturated rings. The predicted molar refractivity (Wildman–Crippen MR) is 49.0 cm³/mol. The van der Waals surface area contributed by atoms with Crippen LogP contribution < -0.4 is 0 Å². The van der Waals surface area contributed by atoms with Gasteiger partial charge in [0, 0.05) is 12.6 Å². The number of nitriles is 2. The van der Waals surface area contributed by atoms with E-state index in [0.717, 1.165) is 0 Å². The first-order valence-electron chi connectivity index (χ1n) is 4.08. The Morgan fingerprint density at radius 3 is 2.79 bits per heavy atom. The van der Waals surface area contributed by atoms with Gasteiger partial charge in [0.1, 0.15) is 6.07 Å². The molecular weight excluding hydrogens is 178 g/mol. The third kappa shape index (κ3) is 1.42. The van der Waals surface area contributed by atoms with Gasteiger partial charge in [0.05, 0.1) is 18.5 Å². The second-order valence-corrected chi connectivity index (χ2v) is 2.98. The van der Waals surface area contributed by atoms with Crippen LogP contribution in [0.1, 0.15) is 6.42 Å². The highest BCUT2D eigenvalue weighted by molar-refractivity contribution is 5.21. The van der Waals surface area contributed by atoms with Gasteiger partial charge in [-0.3, -0.25) is 0 Å². The molecule has 0 aromatic carbocycles. The largest absolute Gasteiger partial charge is 0.359 e. The quantitative estimate of drug-likeness (QED) is 0.495. The fraction of sp³-hybridized carbons (Fsp3) is 0.400. The van der Waals surface area contributed by atoms with Crippen LogP contribution in [0.5, 0.6) is 0 Å². The van der Waals surface area contributed by atoms with E-state index in [2.05, 4.69) is 5.92 Å². The highest BCUT2D eigenvalue weighted by atomic mass is 16.3. The molecule has 14 heavy (non-hydrogen) atoms. The Labute approximate surface area is 82.7 Å². The Morgan fingerprint density at radius 1 is 1.57 bits per heavy atom. The Hall–Kier alpha value is -1.96. The highest BCUT2D eigenvalue weighted by Gasteiger charge is 2.43. The first kappa shape index (κ1) is 10.1. The lowest BCUT2D eigenvalue weighted by atomic mass is 9.96. The lowest BCUT2D eigenvalue weighted by Gasteiger charge is -2.30. The SMILES string of the molecule is C#CCN1C=CC(CC#N)C1(O)C#N. The normalized spacial score (nSPS) is 29.3. The molecule has 70 valence electrons. The molecule has 1 rings (SSSR count). The van der Waals surface area contributed by atoms with Crippen LogP contribution in [0.15, 0.2) is 12.3 Å². The number of hydrogen-bond donors (Lipinski definition) is 1. The van der Waals surface area contributed by atoms with E-state index in [9.17, 15) is 5.11 Å². The summed E-state index contributed by atoms with van der Waals surface area (Å²) in [6.45, 7) is 0.155. The summed E-state index contributed by atoms with van der Waals surface area (Å²) in [5.74, 6) is 1.85. The molecule has 0 radical (unpaired) electrons. The number of rotatable bonds is 2. The van der Waals surface area contributed by atoms with Crippen molar-refractivity contribution in [2.45, 2.75) is 12.1 Å². The molecule has 1 N–H and O–H groups in total. The summed E-state index contributed by atoms with van der Waals surface area (Å²) in [4.78, 5) is 1.36. The number of nitrogens with zero attached hydrogens (tertiary/aromatic N) is 3. The van der Waals surface area contributed by atoms with Gasteiger partial charge in [-0.25, -0.2) is 0 Å². The van der Waals surface area contributed by atoms with Crippen molar-refractivity contribution < 1.29 is 5.11 Å². The molecule has 0 aromatic rings. The van der Waals surface area contributed by atoms with Crippen molar-refractivity contribution in [2.75, 3.05) is 6.54 Å². The van der Waals surface area contributed by atoms with Gasteiger partial charge in [0.25, 0.3) is 0 Å². The topological polar surface area (TPSA) is 71.1 Å². The van der Waals surface area contributed by atoms with E-state index in [0.29, 0.717) is 0 Å². The van der Waals surface area contributed by atoms with Crippen molar-refractivity contribution in [3.8, 4) is 24.5 Å². The summed E-state index contributed by atoms with van der Waals surface area (Å²) in [6.07, 6.45) is 8.38.